The summed E-state index contributed by atoms with van der Waals surface area (Å²) in [6.45, 7) is 2.36. The van der Waals surface area contributed by atoms with Gasteiger partial charge in [0.2, 0.25) is 0 Å². The predicted octanol–water partition coefficient (Wildman–Crippen LogP) is 0.405. The van der Waals surface area contributed by atoms with E-state index in [1.54, 1.807) is 6.92 Å². The van der Waals surface area contributed by atoms with Crippen LogP contribution in [0.2, 0.25) is 0 Å². The number of ether oxygens (including phenoxy) is 1. The van der Waals surface area contributed by atoms with Gasteiger partial charge in [-0.1, -0.05) is 0 Å². The first-order valence-electron chi connectivity index (χ1n) is 1.85. The van der Waals surface area contributed by atoms with E-state index >= 15 is 0 Å². The van der Waals surface area contributed by atoms with E-state index in [0.717, 1.165) is 0 Å². The summed E-state index contributed by atoms with van der Waals surface area (Å²) < 4.78 is 11.4. The summed E-state index contributed by atoms with van der Waals surface area (Å²) in [5, 5.41) is 0. The molecule has 0 radical (unpaired) electrons. The minimum atomic E-state index is -0.500. The summed E-state index contributed by atoms with van der Waals surface area (Å²) in [6.07, 6.45) is -0.500. The van der Waals surface area contributed by atoms with Gasteiger partial charge in [0.25, 0.3) is 0 Å². The SMILES string of the molecule is [2H]C1(C)CO1. The van der Waals surface area contributed by atoms with E-state index in [2.05, 4.69) is 4.74 Å². The van der Waals surface area contributed by atoms with Crippen LogP contribution in [0, 0.1) is 0 Å². The zero-order chi connectivity index (χ0) is 3.91. The van der Waals surface area contributed by atoms with Crippen LogP contribution in [-0.4, -0.2) is 12.7 Å². The number of epoxide rings is 1. The highest BCUT2D eigenvalue weighted by Gasteiger charge is 2.13. The molecule has 1 unspecified atom stereocenters. The molecular formula is C3H6O. The topological polar surface area (TPSA) is 12.5 Å². The Bertz CT molecular complexity index is 44.9. The van der Waals surface area contributed by atoms with Gasteiger partial charge >= 0.3 is 0 Å². The van der Waals surface area contributed by atoms with Gasteiger partial charge in [0.05, 0.1) is 14.1 Å². The normalized spacial score (nSPS) is 61.8. The molecule has 4 heavy (non-hydrogen) atoms. The Morgan fingerprint density at radius 3 is 2.75 bits per heavy atom. The molecule has 1 aliphatic heterocycles. The summed E-state index contributed by atoms with van der Waals surface area (Å²) in [5.41, 5.74) is 0. The van der Waals surface area contributed by atoms with Crippen molar-refractivity contribution in [3.63, 3.8) is 0 Å². The molecule has 1 rings (SSSR count). The second kappa shape index (κ2) is 0.462. The fourth-order valence-electron chi connectivity index (χ4n) is 0.0722. The Morgan fingerprint density at radius 1 is 2.50 bits per heavy atom. The van der Waals surface area contributed by atoms with Crippen molar-refractivity contribution in [3.8, 4) is 0 Å². The molecule has 1 nitrogen and oxygen atoms in total. The van der Waals surface area contributed by atoms with Gasteiger partial charge in [-0.3, -0.25) is 0 Å². The molecule has 1 atom stereocenters. The van der Waals surface area contributed by atoms with Crippen molar-refractivity contribution in [1.82, 2.24) is 0 Å². The van der Waals surface area contributed by atoms with Crippen LogP contribution in [0.15, 0.2) is 0 Å². The molecule has 1 heteroatoms. The van der Waals surface area contributed by atoms with Crippen LogP contribution < -0.4 is 0 Å². The number of hydrogen-bond donors (Lipinski definition) is 0. The second-order valence-electron chi connectivity index (χ2n) is 0.991. The molecule has 1 fully saturated rings. The third kappa shape index (κ3) is 0.206. The van der Waals surface area contributed by atoms with Crippen LogP contribution in [0.1, 0.15) is 8.29 Å². The Morgan fingerprint density at radius 2 is 2.75 bits per heavy atom. The van der Waals surface area contributed by atoms with Crippen molar-refractivity contribution in [1.29, 1.82) is 0 Å². The molecule has 0 aromatic carbocycles. The van der Waals surface area contributed by atoms with Crippen molar-refractivity contribution >= 4 is 0 Å². The maximum atomic E-state index is 6.83. The maximum absolute atomic E-state index is 6.83. The predicted molar refractivity (Wildman–Crippen MR) is 15.4 cm³/mol. The molecule has 0 saturated carbocycles. The van der Waals surface area contributed by atoms with Gasteiger partial charge in [-0.05, 0) is 6.92 Å². The molecule has 0 aliphatic carbocycles. The summed E-state index contributed by atoms with van der Waals surface area (Å²) in [5.74, 6) is 0. The first-order valence-corrected chi connectivity index (χ1v) is 1.35. The lowest BCUT2D eigenvalue weighted by Crippen LogP contribution is -1.60. The quantitative estimate of drug-likeness (QED) is 0.368. The number of hydrogen-bond acceptors (Lipinski definition) is 1. The highest BCUT2D eigenvalue weighted by Crippen LogP contribution is 2.04. The van der Waals surface area contributed by atoms with Gasteiger partial charge in [-0.15, -0.1) is 0 Å². The smallest absolute Gasteiger partial charge is 0.0781 e. The summed E-state index contributed by atoms with van der Waals surface area (Å²) in [7, 11) is 0. The van der Waals surface area contributed by atoms with Gasteiger partial charge in [0.1, 0.15) is 0 Å². The molecule has 0 N–H and O–H groups in total. The lowest BCUT2D eigenvalue weighted by Gasteiger charge is -1.50. The molecule has 1 aliphatic rings. The molecule has 0 aromatic rings. The highest BCUT2D eigenvalue weighted by molar-refractivity contribution is 4.58. The first-order chi connectivity index (χ1) is 2.21. The van der Waals surface area contributed by atoms with Crippen molar-refractivity contribution in [2.75, 3.05) is 6.61 Å². The van der Waals surface area contributed by atoms with E-state index < -0.39 is 6.08 Å². The Balaban J connectivity index is 2.38. The fraction of sp³-hybridized carbons (Fsp3) is 1.00. The lowest BCUT2D eigenvalue weighted by atomic mass is 10.6. The van der Waals surface area contributed by atoms with E-state index in [9.17, 15) is 0 Å². The maximum Gasteiger partial charge on any atom is 0.0781 e. The minimum absolute atomic E-state index is 0.500. The van der Waals surface area contributed by atoms with Crippen molar-refractivity contribution in [2.45, 2.75) is 13.0 Å². The van der Waals surface area contributed by atoms with Crippen molar-refractivity contribution in [3.05, 3.63) is 0 Å². The van der Waals surface area contributed by atoms with Gasteiger partial charge in [-0.25, -0.2) is 0 Å². The van der Waals surface area contributed by atoms with Crippen LogP contribution >= 0.6 is 0 Å². The van der Waals surface area contributed by atoms with Crippen molar-refractivity contribution in [2.24, 2.45) is 0 Å². The summed E-state index contributed by atoms with van der Waals surface area (Å²) in [6, 6.07) is 0. The van der Waals surface area contributed by atoms with E-state index in [-0.39, 0.29) is 0 Å². The molecule has 0 bridgehead atoms. The van der Waals surface area contributed by atoms with Crippen LogP contribution in [0.5, 0.6) is 0 Å². The van der Waals surface area contributed by atoms with E-state index in [1.807, 2.05) is 0 Å². The summed E-state index contributed by atoms with van der Waals surface area (Å²) in [4.78, 5) is 0. The summed E-state index contributed by atoms with van der Waals surface area (Å²) >= 11 is 0. The van der Waals surface area contributed by atoms with Crippen LogP contribution in [0.3, 0.4) is 0 Å². The zero-order valence-electron chi connectivity index (χ0n) is 3.62. The van der Waals surface area contributed by atoms with E-state index in [0.29, 0.717) is 6.61 Å². The molecule has 1 heterocycles. The van der Waals surface area contributed by atoms with Gasteiger partial charge in [0, 0.05) is 0 Å². The molecule has 24 valence electrons. The van der Waals surface area contributed by atoms with Gasteiger partial charge in [0.15, 0.2) is 0 Å². The molecular weight excluding hydrogens is 52.0 g/mol. The van der Waals surface area contributed by atoms with Crippen molar-refractivity contribution < 1.29 is 6.11 Å². The second-order valence-corrected chi connectivity index (χ2v) is 0.991. The largest absolute Gasteiger partial charge is 0.373 e. The lowest BCUT2D eigenvalue weighted by molar-refractivity contribution is 0.423. The van der Waals surface area contributed by atoms with Gasteiger partial charge < -0.3 is 4.74 Å². The number of rotatable bonds is 0. The van der Waals surface area contributed by atoms with Crippen LogP contribution in [0.25, 0.3) is 0 Å². The standard InChI is InChI=1S/C3H6O/c1-3-2-4-3/h3H,2H2,1H3/i3D. The average Bonchev–Trinajstić information content (AvgIpc) is 1.76. The van der Waals surface area contributed by atoms with E-state index in [4.69, 9.17) is 1.37 Å². The Hall–Kier alpha value is -0.0400. The third-order valence-electron chi connectivity index (χ3n) is 0.433. The molecule has 1 saturated heterocycles. The van der Waals surface area contributed by atoms with Crippen LogP contribution in [0.4, 0.5) is 0 Å². The molecule has 0 spiro atoms. The fourth-order valence-corrected chi connectivity index (χ4v) is 0.0722. The monoisotopic (exact) mass is 59.0 g/mol. The highest BCUT2D eigenvalue weighted by atomic mass is 16.6. The van der Waals surface area contributed by atoms with Crippen LogP contribution in [-0.2, 0) is 4.74 Å². The average molecular weight is 59.1 g/mol. The Kier molecular flexibility index (Phi) is 0.163. The Labute approximate surface area is 27.0 Å². The van der Waals surface area contributed by atoms with Gasteiger partial charge in [-0.2, -0.15) is 0 Å². The third-order valence-corrected chi connectivity index (χ3v) is 0.433. The molecule has 0 aromatic heterocycles. The molecule has 0 amide bonds. The van der Waals surface area contributed by atoms with E-state index in [1.165, 1.54) is 0 Å². The minimum Gasteiger partial charge on any atom is -0.373 e. The zero-order valence-corrected chi connectivity index (χ0v) is 2.62. The first kappa shape index (κ1) is 1.41.